The Morgan fingerprint density at radius 3 is 2.47 bits per heavy atom. The minimum Gasteiger partial charge on any atom is -0.207 e. The summed E-state index contributed by atoms with van der Waals surface area (Å²) in [4.78, 5) is 0. The van der Waals surface area contributed by atoms with Crippen molar-refractivity contribution in [3.8, 4) is 0 Å². The van der Waals surface area contributed by atoms with E-state index in [0.717, 1.165) is 16.9 Å². The third kappa shape index (κ3) is 3.83. The maximum absolute atomic E-state index is 12.0. The molecule has 0 spiro atoms. The van der Waals surface area contributed by atoms with Gasteiger partial charge in [0.05, 0.1) is 4.34 Å². The van der Waals surface area contributed by atoms with Crippen molar-refractivity contribution in [2.75, 3.05) is 5.88 Å². The van der Waals surface area contributed by atoms with E-state index < -0.39 is 10.0 Å². The van der Waals surface area contributed by atoms with Crippen LogP contribution in [0.2, 0.25) is 4.34 Å². The van der Waals surface area contributed by atoms with Gasteiger partial charge in [0.15, 0.2) is 0 Å². The van der Waals surface area contributed by atoms with Crippen molar-refractivity contribution in [2.24, 2.45) is 5.92 Å². The average molecular weight is 316 g/mol. The monoisotopic (exact) mass is 315 g/mol. The summed E-state index contributed by atoms with van der Waals surface area (Å²) in [5, 5.41) is 0. The summed E-state index contributed by atoms with van der Waals surface area (Å²) in [7, 11) is -3.49. The maximum Gasteiger partial charge on any atom is 0.250 e. The molecule has 0 saturated heterocycles. The average Bonchev–Trinajstić information content (AvgIpc) is 2.58. The highest BCUT2D eigenvalue weighted by Gasteiger charge is 2.23. The number of alkyl halides is 1. The number of halogens is 2. The number of sulfonamides is 1. The summed E-state index contributed by atoms with van der Waals surface area (Å²) in [5.41, 5.74) is 0.773. The Hall–Kier alpha value is 0.190. The van der Waals surface area contributed by atoms with Crippen LogP contribution in [0.25, 0.3) is 0 Å². The normalized spacial score (nSPS) is 15.8. The number of thiophene rings is 1. The van der Waals surface area contributed by atoms with Crippen LogP contribution in [0.1, 0.15) is 19.4 Å². The number of hydrogen-bond acceptors (Lipinski definition) is 3. The second kappa shape index (κ2) is 5.89. The standard InChI is InChI=1S/C10H15Cl2NO2S2/c1-6-4-9(16-10(6)12)17(14,15)13-8(3)7(2)5-11/h4,7-8,13H,5H2,1-3H3. The molecule has 0 saturated carbocycles. The van der Waals surface area contributed by atoms with E-state index in [1.54, 1.807) is 19.9 Å². The van der Waals surface area contributed by atoms with Gasteiger partial charge in [0.2, 0.25) is 10.0 Å². The first-order valence-electron chi connectivity index (χ1n) is 5.12. The lowest BCUT2D eigenvalue weighted by Gasteiger charge is -2.18. The Morgan fingerprint density at radius 1 is 1.47 bits per heavy atom. The minimum absolute atomic E-state index is 0.0722. The molecule has 2 atom stereocenters. The summed E-state index contributed by atoms with van der Waals surface area (Å²) in [6.45, 7) is 5.47. The fraction of sp³-hybridized carbons (Fsp3) is 0.600. The summed E-state index contributed by atoms with van der Waals surface area (Å²) in [6, 6.07) is 1.37. The van der Waals surface area contributed by atoms with Gasteiger partial charge < -0.3 is 0 Å². The van der Waals surface area contributed by atoms with Crippen molar-refractivity contribution in [3.05, 3.63) is 16.0 Å². The lowest BCUT2D eigenvalue weighted by atomic mass is 10.1. The van der Waals surface area contributed by atoms with Crippen molar-refractivity contribution < 1.29 is 8.42 Å². The third-order valence-corrected chi connectivity index (χ3v) is 6.61. The summed E-state index contributed by atoms with van der Waals surface area (Å²) >= 11 is 12.6. The van der Waals surface area contributed by atoms with Crippen molar-refractivity contribution in [1.29, 1.82) is 0 Å². The predicted molar refractivity (Wildman–Crippen MR) is 73.7 cm³/mol. The van der Waals surface area contributed by atoms with Gasteiger partial charge >= 0.3 is 0 Å². The molecule has 3 nitrogen and oxygen atoms in total. The van der Waals surface area contributed by atoms with Gasteiger partial charge in [-0.1, -0.05) is 18.5 Å². The third-order valence-electron chi connectivity index (χ3n) is 2.54. The van der Waals surface area contributed by atoms with E-state index in [9.17, 15) is 8.42 Å². The SMILES string of the molecule is Cc1cc(S(=O)(=O)NC(C)C(C)CCl)sc1Cl. The Kier molecular flexibility index (Phi) is 5.28. The molecule has 0 aliphatic rings. The predicted octanol–water partition coefficient (Wildman–Crippen LogP) is 3.25. The highest BCUT2D eigenvalue weighted by atomic mass is 35.5. The van der Waals surface area contributed by atoms with Gasteiger partial charge in [-0.25, -0.2) is 13.1 Å². The molecule has 1 heterocycles. The van der Waals surface area contributed by atoms with Gasteiger partial charge in [-0.15, -0.1) is 22.9 Å². The van der Waals surface area contributed by atoms with Crippen molar-refractivity contribution in [1.82, 2.24) is 4.72 Å². The van der Waals surface area contributed by atoms with E-state index in [-0.39, 0.29) is 16.2 Å². The molecule has 0 aromatic carbocycles. The van der Waals surface area contributed by atoms with E-state index in [0.29, 0.717) is 10.2 Å². The first kappa shape index (κ1) is 15.2. The van der Waals surface area contributed by atoms with E-state index in [1.807, 2.05) is 6.92 Å². The zero-order valence-electron chi connectivity index (χ0n) is 9.83. The summed E-state index contributed by atoms with van der Waals surface area (Å²) in [5.74, 6) is 0.483. The second-order valence-corrected chi connectivity index (χ2v) is 7.97. The summed E-state index contributed by atoms with van der Waals surface area (Å²) < 4.78 is 27.4. The van der Waals surface area contributed by atoms with Gasteiger partial charge in [-0.3, -0.25) is 0 Å². The molecule has 1 rings (SSSR count). The zero-order valence-corrected chi connectivity index (χ0v) is 13.0. The van der Waals surface area contributed by atoms with Crippen LogP contribution in [-0.4, -0.2) is 20.3 Å². The van der Waals surface area contributed by atoms with Crippen molar-refractivity contribution >= 4 is 44.6 Å². The molecular formula is C10H15Cl2NO2S2. The smallest absolute Gasteiger partial charge is 0.207 e. The second-order valence-electron chi connectivity index (χ2n) is 4.06. The van der Waals surface area contributed by atoms with Gasteiger partial charge in [0.1, 0.15) is 4.21 Å². The van der Waals surface area contributed by atoms with Crippen LogP contribution >= 0.6 is 34.5 Å². The van der Waals surface area contributed by atoms with Gasteiger partial charge in [-0.2, -0.15) is 0 Å². The molecule has 0 radical (unpaired) electrons. The molecule has 0 amide bonds. The fourth-order valence-corrected chi connectivity index (χ4v) is 4.46. The largest absolute Gasteiger partial charge is 0.250 e. The van der Waals surface area contributed by atoms with Gasteiger partial charge in [-0.05, 0) is 31.4 Å². The Labute approximate surface area is 116 Å². The molecule has 1 aromatic rings. The Morgan fingerprint density at radius 2 is 2.06 bits per heavy atom. The lowest BCUT2D eigenvalue weighted by Crippen LogP contribution is -2.37. The summed E-state index contributed by atoms with van der Waals surface area (Å²) in [6.07, 6.45) is 0. The van der Waals surface area contributed by atoms with Gasteiger partial charge in [0, 0.05) is 11.9 Å². The zero-order chi connectivity index (χ0) is 13.2. The number of aryl methyl sites for hydroxylation is 1. The molecule has 1 N–H and O–H groups in total. The number of rotatable bonds is 5. The molecule has 7 heteroatoms. The quantitative estimate of drug-likeness (QED) is 0.848. The Balaban J connectivity index is 2.89. The molecule has 17 heavy (non-hydrogen) atoms. The Bertz CT molecular complexity index is 465. The topological polar surface area (TPSA) is 46.2 Å². The van der Waals surface area contributed by atoms with Crippen LogP contribution in [0.4, 0.5) is 0 Å². The first-order valence-corrected chi connectivity index (χ1v) is 8.33. The van der Waals surface area contributed by atoms with Crippen LogP contribution in [0.5, 0.6) is 0 Å². The van der Waals surface area contributed by atoms with Crippen LogP contribution < -0.4 is 4.72 Å². The van der Waals surface area contributed by atoms with E-state index in [1.165, 1.54) is 0 Å². The van der Waals surface area contributed by atoms with Gasteiger partial charge in [0.25, 0.3) is 0 Å². The molecule has 98 valence electrons. The number of nitrogens with one attached hydrogen (secondary N) is 1. The molecule has 0 bridgehead atoms. The molecule has 0 fully saturated rings. The van der Waals surface area contributed by atoms with Crippen LogP contribution in [0, 0.1) is 12.8 Å². The number of hydrogen-bond donors (Lipinski definition) is 1. The van der Waals surface area contributed by atoms with Crippen molar-refractivity contribution in [2.45, 2.75) is 31.0 Å². The maximum atomic E-state index is 12.0. The van der Waals surface area contributed by atoms with Crippen molar-refractivity contribution in [3.63, 3.8) is 0 Å². The molecular weight excluding hydrogens is 301 g/mol. The first-order chi connectivity index (χ1) is 7.77. The van der Waals surface area contributed by atoms with Crippen LogP contribution in [0.15, 0.2) is 10.3 Å². The van der Waals surface area contributed by atoms with Crippen LogP contribution in [0.3, 0.4) is 0 Å². The molecule has 1 aromatic heterocycles. The van der Waals surface area contributed by atoms with E-state index >= 15 is 0 Å². The molecule has 0 aliphatic heterocycles. The lowest BCUT2D eigenvalue weighted by molar-refractivity contribution is 0.481. The van der Waals surface area contributed by atoms with Crippen LogP contribution in [-0.2, 0) is 10.0 Å². The highest BCUT2D eigenvalue weighted by molar-refractivity contribution is 7.91. The highest BCUT2D eigenvalue weighted by Crippen LogP contribution is 2.30. The fourth-order valence-electron chi connectivity index (χ4n) is 1.12. The molecule has 0 aliphatic carbocycles. The van der Waals surface area contributed by atoms with E-state index in [4.69, 9.17) is 23.2 Å². The van der Waals surface area contributed by atoms with E-state index in [2.05, 4.69) is 4.72 Å². The molecule has 2 unspecified atom stereocenters. The minimum atomic E-state index is -3.49.